The third kappa shape index (κ3) is 74.3. The molecule has 0 saturated heterocycles. The Bertz CT molecular complexity index is 1950. The highest BCUT2D eigenvalue weighted by molar-refractivity contribution is 7.47. The maximum absolute atomic E-state index is 13.1. The molecule has 0 aliphatic heterocycles. The third-order valence-corrected chi connectivity index (χ3v) is 20.7. The van der Waals surface area contributed by atoms with Crippen LogP contribution in [0.15, 0.2) is 0 Å². The number of phosphoric acid groups is 2. The van der Waals surface area contributed by atoms with E-state index in [1.807, 2.05) is 0 Å². The van der Waals surface area contributed by atoms with Crippen molar-refractivity contribution in [1.29, 1.82) is 0 Å². The normalized spacial score (nSPS) is 14.0. The van der Waals surface area contributed by atoms with Gasteiger partial charge in [0.1, 0.15) is 19.3 Å². The Morgan fingerprint density at radius 2 is 0.420 bits per heavy atom. The highest BCUT2D eigenvalue weighted by Crippen LogP contribution is 2.45. The third-order valence-electron chi connectivity index (χ3n) is 18.8. The van der Waals surface area contributed by atoms with E-state index in [2.05, 4.69) is 55.4 Å². The fraction of sp³-hybridized carbons (Fsp3) is 0.951. The molecule has 0 heterocycles. The van der Waals surface area contributed by atoms with Crippen LogP contribution in [0.25, 0.3) is 0 Å². The Kier molecular flexibility index (Phi) is 68.7. The predicted molar refractivity (Wildman–Crippen MR) is 409 cm³/mol. The van der Waals surface area contributed by atoms with E-state index in [1.54, 1.807) is 0 Å². The molecule has 17 nitrogen and oxygen atoms in total. The second-order valence-corrected chi connectivity index (χ2v) is 34.0. The lowest BCUT2D eigenvalue weighted by molar-refractivity contribution is -0.161. The molecule has 0 bridgehead atoms. The minimum atomic E-state index is -4.96. The van der Waals surface area contributed by atoms with Crippen LogP contribution < -0.4 is 0 Å². The van der Waals surface area contributed by atoms with Crippen molar-refractivity contribution in [2.75, 3.05) is 39.6 Å². The van der Waals surface area contributed by atoms with E-state index in [1.165, 1.54) is 212 Å². The minimum absolute atomic E-state index is 0.107. The quantitative estimate of drug-likeness (QED) is 0.0222. The largest absolute Gasteiger partial charge is 0.472 e. The van der Waals surface area contributed by atoms with Gasteiger partial charge in [0.2, 0.25) is 0 Å². The minimum Gasteiger partial charge on any atom is -0.462 e. The fourth-order valence-electron chi connectivity index (χ4n) is 12.4. The van der Waals surface area contributed by atoms with E-state index in [4.69, 9.17) is 37.0 Å². The summed E-state index contributed by atoms with van der Waals surface area (Å²) in [7, 11) is -9.92. The maximum Gasteiger partial charge on any atom is 0.472 e. The van der Waals surface area contributed by atoms with Gasteiger partial charge >= 0.3 is 39.5 Å². The van der Waals surface area contributed by atoms with E-state index in [0.29, 0.717) is 31.6 Å². The molecule has 3 N–H and O–H groups in total. The van der Waals surface area contributed by atoms with Crippen LogP contribution in [0.1, 0.15) is 415 Å². The number of unbranched alkanes of at least 4 members (excludes halogenated alkanes) is 44. The smallest absolute Gasteiger partial charge is 0.462 e. The molecule has 0 aromatic heterocycles. The van der Waals surface area contributed by atoms with Crippen molar-refractivity contribution in [1.82, 2.24) is 0 Å². The molecule has 0 aromatic rings. The van der Waals surface area contributed by atoms with Gasteiger partial charge in [-0.3, -0.25) is 37.3 Å². The molecule has 3 unspecified atom stereocenters. The second-order valence-electron chi connectivity index (χ2n) is 31.1. The van der Waals surface area contributed by atoms with Crippen LogP contribution >= 0.6 is 15.6 Å². The first kappa shape index (κ1) is 98.1. The fourth-order valence-corrected chi connectivity index (χ4v) is 14.0. The zero-order valence-corrected chi connectivity index (χ0v) is 67.6. The Hall–Kier alpha value is -1.94. The van der Waals surface area contributed by atoms with Gasteiger partial charge in [-0.15, -0.1) is 0 Å². The van der Waals surface area contributed by atoms with Crippen molar-refractivity contribution in [2.45, 2.75) is 433 Å². The van der Waals surface area contributed by atoms with Gasteiger partial charge in [-0.2, -0.15) is 0 Å². The summed E-state index contributed by atoms with van der Waals surface area (Å²) in [6, 6.07) is 0. The highest BCUT2D eigenvalue weighted by Gasteiger charge is 2.30. The first-order valence-corrected chi connectivity index (χ1v) is 44.7. The van der Waals surface area contributed by atoms with Crippen LogP contribution in [-0.4, -0.2) is 96.7 Å². The lowest BCUT2D eigenvalue weighted by Crippen LogP contribution is -2.30. The number of aliphatic hydroxyl groups excluding tert-OH is 1. The van der Waals surface area contributed by atoms with Gasteiger partial charge in [0.05, 0.1) is 26.4 Å². The summed E-state index contributed by atoms with van der Waals surface area (Å²) < 4.78 is 68.7. The first-order chi connectivity index (χ1) is 48.1. The van der Waals surface area contributed by atoms with Gasteiger partial charge < -0.3 is 33.8 Å². The van der Waals surface area contributed by atoms with Crippen LogP contribution in [0.2, 0.25) is 0 Å². The molecule has 594 valence electrons. The van der Waals surface area contributed by atoms with Crippen LogP contribution in [0.4, 0.5) is 0 Å². The lowest BCUT2D eigenvalue weighted by Gasteiger charge is -2.21. The summed E-state index contributed by atoms with van der Waals surface area (Å²) in [5.41, 5.74) is 0. The molecule has 0 aliphatic rings. The van der Waals surface area contributed by atoms with Crippen molar-refractivity contribution in [2.24, 2.45) is 23.7 Å². The molecule has 100 heavy (non-hydrogen) atoms. The number of ether oxygens (including phenoxy) is 4. The van der Waals surface area contributed by atoms with Gasteiger partial charge in [0, 0.05) is 25.7 Å². The summed E-state index contributed by atoms with van der Waals surface area (Å²) in [5, 5.41) is 10.6. The second kappa shape index (κ2) is 70.1. The molecule has 0 rings (SSSR count). The van der Waals surface area contributed by atoms with E-state index in [-0.39, 0.29) is 25.7 Å². The van der Waals surface area contributed by atoms with Crippen LogP contribution in [-0.2, 0) is 65.4 Å². The maximum atomic E-state index is 13.1. The average molecular weight is 1470 g/mol. The molecule has 0 amide bonds. The van der Waals surface area contributed by atoms with Gasteiger partial charge in [0.25, 0.3) is 0 Å². The van der Waals surface area contributed by atoms with Crippen LogP contribution in [0, 0.1) is 23.7 Å². The molecule has 0 aromatic carbocycles. The highest BCUT2D eigenvalue weighted by atomic mass is 31.2. The van der Waals surface area contributed by atoms with Gasteiger partial charge in [-0.1, -0.05) is 364 Å². The number of hydrogen-bond acceptors (Lipinski definition) is 15. The van der Waals surface area contributed by atoms with Crippen LogP contribution in [0.5, 0.6) is 0 Å². The lowest BCUT2D eigenvalue weighted by atomic mass is 10.0. The number of hydrogen-bond donors (Lipinski definition) is 3. The Balaban J connectivity index is 5.21. The number of aliphatic hydroxyl groups is 1. The number of esters is 4. The summed E-state index contributed by atoms with van der Waals surface area (Å²) in [5.74, 6) is 0.949. The van der Waals surface area contributed by atoms with E-state index in [9.17, 15) is 43.2 Å². The molecular weight excluding hydrogens is 1310 g/mol. The molecule has 0 spiro atoms. The number of phosphoric ester groups is 2. The zero-order valence-electron chi connectivity index (χ0n) is 65.8. The topological polar surface area (TPSA) is 237 Å². The molecule has 19 heteroatoms. The monoisotopic (exact) mass is 1470 g/mol. The SMILES string of the molecule is CC(C)CCCCCCCCCCCCCCCCCCC(=O)O[C@H](COC(=O)CCCCCCCCC(C)C)COP(=O)(O)OCC(O)COP(=O)(O)OC[C@@H](COC(=O)CCCCCCCCCCCCCCCCC(C)C)OC(=O)CCCCCCCCCCCCCCC(C)C. The predicted octanol–water partition coefficient (Wildman–Crippen LogP) is 24.0. The molecule has 0 saturated carbocycles. The molecular formula is C81H158O17P2. The van der Waals surface area contributed by atoms with Crippen LogP contribution in [0.3, 0.4) is 0 Å². The Morgan fingerprint density at radius 3 is 0.620 bits per heavy atom. The zero-order chi connectivity index (χ0) is 73.8. The van der Waals surface area contributed by atoms with Gasteiger partial charge in [-0.05, 0) is 49.4 Å². The van der Waals surface area contributed by atoms with E-state index in [0.717, 1.165) is 114 Å². The molecule has 5 atom stereocenters. The van der Waals surface area contributed by atoms with Crippen molar-refractivity contribution < 1.29 is 80.2 Å². The molecule has 0 fully saturated rings. The van der Waals surface area contributed by atoms with E-state index < -0.39 is 97.5 Å². The summed E-state index contributed by atoms with van der Waals surface area (Å²) in [4.78, 5) is 73.0. The summed E-state index contributed by atoms with van der Waals surface area (Å²) >= 11 is 0. The van der Waals surface area contributed by atoms with E-state index >= 15 is 0 Å². The first-order valence-electron chi connectivity index (χ1n) is 41.7. The Labute approximate surface area is 613 Å². The van der Waals surface area contributed by atoms with Gasteiger partial charge in [0.15, 0.2) is 12.2 Å². The standard InChI is InChI=1S/C81H158O17P2/c1-71(2)57-49-41-33-27-21-15-11-9-10-12-18-25-31-37-47-55-63-81(86)98-77(68-92-79(84)62-54-46-40-39-44-52-60-74(7)8)70-96-100(89,90)94-66-75(82)65-93-99(87,88)95-69-76(97-80(85)64-56-48-38-32-26-20-19-23-29-35-43-51-59-73(5)6)67-91-78(83)61-53-45-36-30-24-17-14-13-16-22-28-34-42-50-58-72(3)4/h71-77,82H,9-70H2,1-8H3,(H,87,88)(H,89,90)/t75?,76-,77-/m1/s1. The van der Waals surface area contributed by atoms with Crippen molar-refractivity contribution >= 4 is 39.5 Å². The number of rotatable bonds is 78. The number of carbonyl (C=O) groups is 4. The average Bonchev–Trinajstić information content (AvgIpc) is 0.931. The summed E-state index contributed by atoms with van der Waals surface area (Å²) in [6.07, 6.45) is 57.0. The summed E-state index contributed by atoms with van der Waals surface area (Å²) in [6.45, 7) is 14.2. The molecule has 0 aliphatic carbocycles. The molecule has 0 radical (unpaired) electrons. The number of carbonyl (C=O) groups excluding carboxylic acids is 4. The van der Waals surface area contributed by atoms with Gasteiger partial charge in [-0.25, -0.2) is 9.13 Å². The Morgan fingerprint density at radius 1 is 0.250 bits per heavy atom. The van der Waals surface area contributed by atoms with Crippen molar-refractivity contribution in [3.05, 3.63) is 0 Å². The van der Waals surface area contributed by atoms with Crippen molar-refractivity contribution in [3.63, 3.8) is 0 Å². The van der Waals surface area contributed by atoms with Crippen molar-refractivity contribution in [3.8, 4) is 0 Å².